The van der Waals surface area contributed by atoms with E-state index in [-0.39, 0.29) is 6.42 Å². The van der Waals surface area contributed by atoms with E-state index in [1.165, 1.54) is 7.11 Å². The Morgan fingerprint density at radius 1 is 1.64 bits per heavy atom. The molecule has 1 aromatic rings. The highest BCUT2D eigenvalue weighted by atomic mass is 16.5. The van der Waals surface area contributed by atoms with Gasteiger partial charge in [0.2, 0.25) is 0 Å². The Morgan fingerprint density at radius 3 is 3.07 bits per heavy atom. The highest BCUT2D eigenvalue weighted by molar-refractivity contribution is 5.50. The molecule has 0 radical (unpaired) electrons. The van der Waals surface area contributed by atoms with Gasteiger partial charge in [-0.3, -0.25) is 0 Å². The average molecular weight is 187 g/mol. The Kier molecular flexibility index (Phi) is 3.34. The van der Waals surface area contributed by atoms with Crippen LogP contribution in [0.2, 0.25) is 0 Å². The van der Waals surface area contributed by atoms with Gasteiger partial charge in [0.25, 0.3) is 0 Å². The van der Waals surface area contributed by atoms with Crippen molar-refractivity contribution in [2.45, 2.75) is 6.42 Å². The van der Waals surface area contributed by atoms with Gasteiger partial charge in [-0.1, -0.05) is 11.8 Å². The highest BCUT2D eigenvalue weighted by Crippen LogP contribution is 2.18. The van der Waals surface area contributed by atoms with Crippen molar-refractivity contribution in [3.63, 3.8) is 0 Å². The fraction of sp³-hybridized carbons (Fsp3) is 0.200. The maximum atomic E-state index is 8.28. The first-order valence-electron chi connectivity index (χ1n) is 3.93. The molecule has 14 heavy (non-hydrogen) atoms. The number of nitrogens with zero attached hydrogens (tertiary/aromatic N) is 2. The molecule has 0 aliphatic heterocycles. The van der Waals surface area contributed by atoms with Crippen LogP contribution in [0.15, 0.2) is 12.3 Å². The van der Waals surface area contributed by atoms with Crippen molar-refractivity contribution in [2.24, 2.45) is 0 Å². The van der Waals surface area contributed by atoms with Crippen LogP contribution in [0.25, 0.3) is 0 Å². The van der Waals surface area contributed by atoms with Gasteiger partial charge in [0.05, 0.1) is 19.6 Å². The number of nitrogen functional groups attached to an aromatic ring is 1. The smallest absolute Gasteiger partial charge is 0.166 e. The SMILES string of the molecule is COc1cc(C#CCC#N)cnc1N. The Bertz CT molecular complexity index is 423. The normalized spacial score (nSPS) is 8.29. The predicted molar refractivity (Wildman–Crippen MR) is 52.3 cm³/mol. The van der Waals surface area contributed by atoms with E-state index in [4.69, 9.17) is 15.7 Å². The summed E-state index contributed by atoms with van der Waals surface area (Å²) in [6.07, 6.45) is 1.74. The van der Waals surface area contributed by atoms with Gasteiger partial charge in [-0.25, -0.2) is 4.98 Å². The van der Waals surface area contributed by atoms with Gasteiger partial charge in [-0.05, 0) is 0 Å². The maximum Gasteiger partial charge on any atom is 0.166 e. The molecular formula is C10H9N3O. The van der Waals surface area contributed by atoms with Gasteiger partial charge in [0.15, 0.2) is 11.6 Å². The number of hydrogen-bond donors (Lipinski definition) is 1. The first-order valence-corrected chi connectivity index (χ1v) is 3.93. The molecule has 0 aliphatic carbocycles. The highest BCUT2D eigenvalue weighted by Gasteiger charge is 1.99. The number of anilines is 1. The zero-order chi connectivity index (χ0) is 10.4. The maximum absolute atomic E-state index is 8.28. The molecule has 4 heteroatoms. The number of ether oxygens (including phenoxy) is 1. The van der Waals surface area contributed by atoms with Gasteiger partial charge in [0, 0.05) is 17.8 Å². The topological polar surface area (TPSA) is 71.9 Å². The van der Waals surface area contributed by atoms with Crippen LogP contribution in [0.1, 0.15) is 12.0 Å². The second-order valence-electron chi connectivity index (χ2n) is 2.45. The van der Waals surface area contributed by atoms with Gasteiger partial charge >= 0.3 is 0 Å². The Morgan fingerprint density at radius 2 is 2.43 bits per heavy atom. The van der Waals surface area contributed by atoms with Crippen LogP contribution in [-0.2, 0) is 0 Å². The minimum Gasteiger partial charge on any atom is -0.493 e. The van der Waals surface area contributed by atoms with E-state index < -0.39 is 0 Å². The molecule has 0 saturated carbocycles. The molecule has 0 spiro atoms. The molecule has 0 atom stereocenters. The van der Waals surface area contributed by atoms with Gasteiger partial charge in [-0.2, -0.15) is 5.26 Å². The van der Waals surface area contributed by atoms with E-state index in [2.05, 4.69) is 16.8 Å². The van der Waals surface area contributed by atoms with Gasteiger partial charge in [0.1, 0.15) is 0 Å². The molecule has 0 aliphatic rings. The third kappa shape index (κ3) is 2.40. The molecule has 0 unspecified atom stereocenters. The van der Waals surface area contributed by atoms with E-state index in [0.29, 0.717) is 17.1 Å². The number of pyridine rings is 1. The van der Waals surface area contributed by atoms with Crippen molar-refractivity contribution in [1.82, 2.24) is 4.98 Å². The number of nitrogens with two attached hydrogens (primary N) is 1. The summed E-state index contributed by atoms with van der Waals surface area (Å²) in [5, 5.41) is 8.28. The van der Waals surface area contributed by atoms with E-state index in [9.17, 15) is 0 Å². The summed E-state index contributed by atoms with van der Waals surface area (Å²) >= 11 is 0. The molecule has 1 heterocycles. The summed E-state index contributed by atoms with van der Waals surface area (Å²) < 4.78 is 4.97. The molecule has 1 aromatic heterocycles. The van der Waals surface area contributed by atoms with Crippen molar-refractivity contribution in [1.29, 1.82) is 5.26 Å². The summed E-state index contributed by atoms with van der Waals surface area (Å²) in [4.78, 5) is 3.90. The second-order valence-corrected chi connectivity index (χ2v) is 2.45. The van der Waals surface area contributed by atoms with Crippen LogP contribution >= 0.6 is 0 Å². The lowest BCUT2D eigenvalue weighted by Crippen LogP contribution is -1.95. The quantitative estimate of drug-likeness (QED) is 0.664. The standard InChI is InChI=1S/C10H9N3O/c1-14-9-6-8(4-2-3-5-11)7-13-10(9)12/h6-7H,3H2,1H3,(H2,12,13). The van der Waals surface area contributed by atoms with E-state index in [0.717, 1.165) is 0 Å². The van der Waals surface area contributed by atoms with E-state index in [1.807, 2.05) is 6.07 Å². The average Bonchev–Trinajstić information content (AvgIpc) is 2.21. The second kappa shape index (κ2) is 4.74. The lowest BCUT2D eigenvalue weighted by atomic mass is 10.2. The van der Waals surface area contributed by atoms with Crippen LogP contribution in [0.5, 0.6) is 5.75 Å². The van der Waals surface area contributed by atoms with Crippen molar-refractivity contribution < 1.29 is 4.74 Å². The van der Waals surface area contributed by atoms with Crippen molar-refractivity contribution in [3.8, 4) is 23.7 Å². The molecule has 0 aromatic carbocycles. The van der Waals surface area contributed by atoms with Gasteiger partial charge < -0.3 is 10.5 Å². The summed E-state index contributed by atoms with van der Waals surface area (Å²) in [7, 11) is 1.51. The monoisotopic (exact) mass is 187 g/mol. The number of rotatable bonds is 1. The largest absolute Gasteiger partial charge is 0.493 e. The third-order valence-electron chi connectivity index (χ3n) is 1.50. The van der Waals surface area contributed by atoms with E-state index in [1.54, 1.807) is 12.3 Å². The summed E-state index contributed by atoms with van der Waals surface area (Å²) in [5.74, 6) is 6.28. The van der Waals surface area contributed by atoms with Crippen molar-refractivity contribution in [3.05, 3.63) is 17.8 Å². The Balaban J connectivity index is 2.92. The van der Waals surface area contributed by atoms with Crippen molar-refractivity contribution in [2.75, 3.05) is 12.8 Å². The fourth-order valence-electron chi connectivity index (χ4n) is 0.873. The molecule has 2 N–H and O–H groups in total. The molecular weight excluding hydrogens is 178 g/mol. The number of hydrogen-bond acceptors (Lipinski definition) is 4. The first-order chi connectivity index (χ1) is 6.77. The Labute approximate surface area is 82.3 Å². The summed E-state index contributed by atoms with van der Waals surface area (Å²) in [6.45, 7) is 0. The molecule has 0 saturated heterocycles. The zero-order valence-electron chi connectivity index (χ0n) is 7.74. The predicted octanol–water partition coefficient (Wildman–Crippen LogP) is 0.938. The number of nitriles is 1. The summed E-state index contributed by atoms with van der Waals surface area (Å²) in [5.41, 5.74) is 6.20. The summed E-state index contributed by atoms with van der Waals surface area (Å²) in [6, 6.07) is 3.62. The van der Waals surface area contributed by atoms with Crippen LogP contribution in [-0.4, -0.2) is 12.1 Å². The van der Waals surface area contributed by atoms with Crippen LogP contribution in [0.4, 0.5) is 5.82 Å². The first kappa shape index (κ1) is 9.88. The number of aromatic nitrogens is 1. The number of methoxy groups -OCH3 is 1. The lowest BCUT2D eigenvalue weighted by molar-refractivity contribution is 0.415. The fourth-order valence-corrected chi connectivity index (χ4v) is 0.873. The molecule has 4 nitrogen and oxygen atoms in total. The lowest BCUT2D eigenvalue weighted by Gasteiger charge is -2.02. The minimum absolute atomic E-state index is 0.201. The minimum atomic E-state index is 0.201. The zero-order valence-corrected chi connectivity index (χ0v) is 7.74. The van der Waals surface area contributed by atoms with Gasteiger partial charge in [-0.15, -0.1) is 0 Å². The van der Waals surface area contributed by atoms with Crippen LogP contribution in [0, 0.1) is 23.2 Å². The third-order valence-corrected chi connectivity index (χ3v) is 1.50. The van der Waals surface area contributed by atoms with Crippen LogP contribution < -0.4 is 10.5 Å². The molecule has 70 valence electrons. The van der Waals surface area contributed by atoms with E-state index >= 15 is 0 Å². The molecule has 1 rings (SSSR count). The molecule has 0 bridgehead atoms. The molecule has 0 fully saturated rings. The Hall–Kier alpha value is -2.20. The van der Waals surface area contributed by atoms with Crippen molar-refractivity contribution >= 4 is 5.82 Å². The molecule has 0 amide bonds. The van der Waals surface area contributed by atoms with Crippen LogP contribution in [0.3, 0.4) is 0 Å².